The molecule has 0 unspecified atom stereocenters. The predicted molar refractivity (Wildman–Crippen MR) is 123 cm³/mol. The van der Waals surface area contributed by atoms with Crippen molar-refractivity contribution in [1.82, 2.24) is 14.9 Å². The van der Waals surface area contributed by atoms with Crippen LogP contribution >= 0.6 is 0 Å². The molecule has 0 spiro atoms. The summed E-state index contributed by atoms with van der Waals surface area (Å²) in [6.45, 7) is 1.46. The van der Waals surface area contributed by atoms with Crippen LogP contribution in [-0.4, -0.2) is 56.7 Å². The number of nitrogens with two attached hydrogens (primary N) is 1. The molecule has 2 aromatic heterocycles. The van der Waals surface area contributed by atoms with E-state index in [4.69, 9.17) is 15.0 Å². The van der Waals surface area contributed by atoms with Gasteiger partial charge in [-0.15, -0.1) is 5.10 Å². The maximum atomic E-state index is 13.2. The average molecular weight is 480 g/mol. The number of halogens is 1. The third-order valence-corrected chi connectivity index (χ3v) is 5.76. The van der Waals surface area contributed by atoms with E-state index in [1.807, 2.05) is 0 Å². The summed E-state index contributed by atoms with van der Waals surface area (Å²) in [6, 6.07) is 12.0. The maximum Gasteiger partial charge on any atom is 0.260 e. The standard InChI is InChI=1S/C23H21FN6O5/c1-23(33,22(32)26-14-4-7-16-17(12-14)35-28-20(16)25)19-21(31)29(10-11-34-19)18-8-9-30(27-18)15-5-2-13(24)3-6-15/h2-9,12,19,33H,10-11H2,1H3,(H2,25,28)(H,26,32)/t19-,23+/m0/s1. The Balaban J connectivity index is 1.33. The van der Waals surface area contributed by atoms with Crippen molar-refractivity contribution >= 4 is 40.1 Å². The van der Waals surface area contributed by atoms with Gasteiger partial charge >= 0.3 is 0 Å². The zero-order valence-corrected chi connectivity index (χ0v) is 18.5. The maximum absolute atomic E-state index is 13.2. The van der Waals surface area contributed by atoms with Crippen molar-refractivity contribution in [3.05, 3.63) is 60.5 Å². The molecular formula is C23H21FN6O5. The van der Waals surface area contributed by atoms with Crippen molar-refractivity contribution in [1.29, 1.82) is 0 Å². The third kappa shape index (κ3) is 4.09. The van der Waals surface area contributed by atoms with Crippen molar-refractivity contribution in [3.8, 4) is 5.69 Å². The highest BCUT2D eigenvalue weighted by molar-refractivity contribution is 6.06. The van der Waals surface area contributed by atoms with Crippen LogP contribution in [0.5, 0.6) is 0 Å². The smallest absolute Gasteiger partial charge is 0.260 e. The zero-order valence-electron chi connectivity index (χ0n) is 18.5. The summed E-state index contributed by atoms with van der Waals surface area (Å²) < 4.78 is 25.3. The molecule has 0 bridgehead atoms. The van der Waals surface area contributed by atoms with E-state index in [1.165, 1.54) is 34.7 Å². The first-order valence-corrected chi connectivity index (χ1v) is 10.7. The van der Waals surface area contributed by atoms with Crippen LogP contribution in [0.15, 0.2) is 59.3 Å². The summed E-state index contributed by atoms with van der Waals surface area (Å²) in [5, 5.41) is 22.2. The number of benzene rings is 2. The highest BCUT2D eigenvalue weighted by Gasteiger charge is 2.48. The lowest BCUT2D eigenvalue weighted by Crippen LogP contribution is -2.61. The number of hydrogen-bond acceptors (Lipinski definition) is 8. The molecule has 0 saturated carbocycles. The summed E-state index contributed by atoms with van der Waals surface area (Å²) in [5.41, 5.74) is 4.77. The second-order valence-corrected chi connectivity index (χ2v) is 8.22. The van der Waals surface area contributed by atoms with E-state index >= 15 is 0 Å². The number of morpholine rings is 1. The monoisotopic (exact) mass is 480 g/mol. The summed E-state index contributed by atoms with van der Waals surface area (Å²) in [6.07, 6.45) is 0.147. The van der Waals surface area contributed by atoms with E-state index < -0.39 is 23.5 Å². The van der Waals surface area contributed by atoms with Crippen LogP contribution in [0.25, 0.3) is 16.7 Å². The van der Waals surface area contributed by atoms with Crippen LogP contribution in [0.3, 0.4) is 0 Å². The number of ether oxygens (including phenoxy) is 1. The third-order valence-electron chi connectivity index (χ3n) is 5.76. The molecular weight excluding hydrogens is 459 g/mol. The molecule has 3 heterocycles. The Kier molecular flexibility index (Phi) is 5.46. The Morgan fingerprint density at radius 2 is 2.03 bits per heavy atom. The van der Waals surface area contributed by atoms with Gasteiger partial charge in [-0.2, -0.15) is 0 Å². The number of rotatable bonds is 5. The van der Waals surface area contributed by atoms with Crippen LogP contribution in [-0.2, 0) is 14.3 Å². The van der Waals surface area contributed by atoms with Gasteiger partial charge in [0.05, 0.1) is 24.2 Å². The minimum Gasteiger partial charge on any atom is -0.380 e. The number of aliphatic hydroxyl groups is 1. The van der Waals surface area contributed by atoms with Gasteiger partial charge in [0.15, 0.2) is 28.9 Å². The summed E-state index contributed by atoms with van der Waals surface area (Å²) in [5.74, 6) is -1.33. The van der Waals surface area contributed by atoms with Crippen LogP contribution in [0.1, 0.15) is 6.92 Å². The van der Waals surface area contributed by atoms with Crippen LogP contribution in [0.4, 0.5) is 21.7 Å². The molecule has 12 heteroatoms. The number of nitrogens with zero attached hydrogens (tertiary/aromatic N) is 4. The molecule has 1 aliphatic heterocycles. The molecule has 1 fully saturated rings. The first-order chi connectivity index (χ1) is 16.7. The molecule has 35 heavy (non-hydrogen) atoms. The summed E-state index contributed by atoms with van der Waals surface area (Å²) >= 11 is 0. The fraction of sp³-hybridized carbons (Fsp3) is 0.217. The van der Waals surface area contributed by atoms with Gasteiger partial charge in [0.25, 0.3) is 11.8 Å². The van der Waals surface area contributed by atoms with Crippen LogP contribution < -0.4 is 16.0 Å². The summed E-state index contributed by atoms with van der Waals surface area (Å²) in [7, 11) is 0. The SMILES string of the molecule is C[C@](O)(C(=O)Nc1ccc2c(N)noc2c1)[C@H]1OCCN(c2ccn(-c3ccc(F)cc3)n2)C1=O. The Labute approximate surface area is 197 Å². The number of anilines is 3. The largest absolute Gasteiger partial charge is 0.380 e. The zero-order chi connectivity index (χ0) is 24.7. The molecule has 0 aliphatic carbocycles. The average Bonchev–Trinajstić information content (AvgIpc) is 3.47. The van der Waals surface area contributed by atoms with Crippen molar-refractivity contribution in [2.45, 2.75) is 18.6 Å². The normalized spacial score (nSPS) is 18.0. The topological polar surface area (TPSA) is 149 Å². The lowest BCUT2D eigenvalue weighted by molar-refractivity contribution is -0.165. The second kappa shape index (κ2) is 8.49. The van der Waals surface area contributed by atoms with Crippen LogP contribution in [0.2, 0.25) is 0 Å². The number of carbonyl (C=O) groups excluding carboxylic acids is 2. The first-order valence-electron chi connectivity index (χ1n) is 10.7. The Morgan fingerprint density at radius 3 is 2.80 bits per heavy atom. The molecule has 180 valence electrons. The number of hydrogen-bond donors (Lipinski definition) is 3. The van der Waals surface area contributed by atoms with Gasteiger partial charge in [-0.1, -0.05) is 5.16 Å². The summed E-state index contributed by atoms with van der Waals surface area (Å²) in [4.78, 5) is 27.5. The van der Waals surface area contributed by atoms with Gasteiger partial charge in [-0.05, 0) is 43.3 Å². The van der Waals surface area contributed by atoms with Crippen molar-refractivity contribution < 1.29 is 28.3 Å². The predicted octanol–water partition coefficient (Wildman–Crippen LogP) is 1.86. The van der Waals surface area contributed by atoms with Gasteiger partial charge in [-0.25, -0.2) is 9.07 Å². The fourth-order valence-corrected chi connectivity index (χ4v) is 3.82. The molecule has 1 saturated heterocycles. The van der Waals surface area contributed by atoms with Crippen molar-refractivity contribution in [2.24, 2.45) is 0 Å². The van der Waals surface area contributed by atoms with Gasteiger partial charge in [0.1, 0.15) is 5.82 Å². The molecule has 0 radical (unpaired) electrons. The minimum atomic E-state index is -2.20. The van der Waals surface area contributed by atoms with Gasteiger partial charge in [0.2, 0.25) is 0 Å². The van der Waals surface area contributed by atoms with Gasteiger partial charge < -0.3 is 25.4 Å². The van der Waals surface area contributed by atoms with E-state index in [2.05, 4.69) is 15.6 Å². The highest BCUT2D eigenvalue weighted by atomic mass is 19.1. The molecule has 2 aromatic carbocycles. The Hall–Kier alpha value is -4.29. The fourth-order valence-electron chi connectivity index (χ4n) is 3.82. The second-order valence-electron chi connectivity index (χ2n) is 8.22. The van der Waals surface area contributed by atoms with Gasteiger partial charge in [0, 0.05) is 24.0 Å². The number of nitrogen functional groups attached to an aromatic ring is 1. The molecule has 11 nitrogen and oxygen atoms in total. The minimum absolute atomic E-state index is 0.0759. The van der Waals surface area contributed by atoms with E-state index in [0.717, 1.165) is 0 Å². The van der Waals surface area contributed by atoms with E-state index in [9.17, 15) is 19.1 Å². The quantitative estimate of drug-likeness (QED) is 0.392. The lowest BCUT2D eigenvalue weighted by atomic mass is 9.95. The van der Waals surface area contributed by atoms with E-state index in [-0.39, 0.29) is 24.8 Å². The Morgan fingerprint density at radius 1 is 1.26 bits per heavy atom. The molecule has 2 atom stereocenters. The van der Waals surface area contributed by atoms with Crippen molar-refractivity contribution in [3.63, 3.8) is 0 Å². The highest BCUT2D eigenvalue weighted by Crippen LogP contribution is 2.27. The molecule has 4 aromatic rings. The molecule has 1 aliphatic rings. The number of fused-ring (bicyclic) bond motifs is 1. The molecule has 5 rings (SSSR count). The molecule has 4 N–H and O–H groups in total. The number of nitrogens with one attached hydrogen (secondary N) is 1. The number of aromatic nitrogens is 3. The lowest BCUT2D eigenvalue weighted by Gasteiger charge is -2.37. The van der Waals surface area contributed by atoms with Gasteiger partial charge in [-0.3, -0.25) is 14.5 Å². The Bertz CT molecular complexity index is 1410. The number of amides is 2. The first kappa shape index (κ1) is 22.5. The number of carbonyl (C=O) groups is 2. The van der Waals surface area contributed by atoms with E-state index in [1.54, 1.807) is 36.5 Å². The van der Waals surface area contributed by atoms with E-state index in [0.29, 0.717) is 28.2 Å². The van der Waals surface area contributed by atoms with Crippen LogP contribution in [0, 0.1) is 5.82 Å². The van der Waals surface area contributed by atoms with Crippen molar-refractivity contribution in [2.75, 3.05) is 29.1 Å². The molecule has 2 amide bonds.